The van der Waals surface area contributed by atoms with Crippen molar-refractivity contribution in [3.63, 3.8) is 0 Å². The molecule has 0 heterocycles. The van der Waals surface area contributed by atoms with E-state index in [2.05, 4.69) is 48.3 Å². The van der Waals surface area contributed by atoms with Gasteiger partial charge in [-0.1, -0.05) is 38.1 Å². The number of nitro groups is 1. The smallest absolute Gasteiger partial charge is 0.271 e. The van der Waals surface area contributed by atoms with Gasteiger partial charge in [0.05, 0.1) is 17.7 Å². The lowest BCUT2D eigenvalue weighted by Crippen LogP contribution is -2.29. The highest BCUT2D eigenvalue weighted by molar-refractivity contribution is 5.92. The van der Waals surface area contributed by atoms with Crippen molar-refractivity contribution in [2.45, 2.75) is 51.6 Å². The Bertz CT molecular complexity index is 892. The fraction of sp³-hybridized carbons (Fsp3) is 0.435. The normalized spacial score (nSPS) is 13.5. The van der Waals surface area contributed by atoms with Crippen LogP contribution in [-0.2, 0) is 11.3 Å². The quantitative estimate of drug-likeness (QED) is 0.452. The second-order valence-electron chi connectivity index (χ2n) is 8.04. The third-order valence-electron chi connectivity index (χ3n) is 5.39. The molecule has 0 unspecified atom stereocenters. The molecule has 0 atom stereocenters. The lowest BCUT2D eigenvalue weighted by molar-refractivity contribution is -0.384. The molecule has 2 aromatic rings. The SMILES string of the molecule is COc1ccc([N+](=O)[O-])cc1NC(=O)CCN(Cc1ccc(C(C)C)cc1)C1CC1. The molecular weight excluding hydrogens is 382 g/mol. The molecule has 160 valence electrons. The number of carbonyl (C=O) groups is 1. The van der Waals surface area contributed by atoms with E-state index >= 15 is 0 Å². The summed E-state index contributed by atoms with van der Waals surface area (Å²) in [6.07, 6.45) is 2.63. The Balaban J connectivity index is 1.59. The van der Waals surface area contributed by atoms with Crippen LogP contribution in [0.1, 0.15) is 50.2 Å². The van der Waals surface area contributed by atoms with Gasteiger partial charge in [-0.2, -0.15) is 0 Å². The summed E-state index contributed by atoms with van der Waals surface area (Å²) in [6, 6.07) is 13.4. The number of methoxy groups -OCH3 is 1. The molecule has 7 heteroatoms. The number of carbonyl (C=O) groups excluding carboxylic acids is 1. The molecule has 0 aromatic heterocycles. The van der Waals surface area contributed by atoms with Crippen LogP contribution in [0.15, 0.2) is 42.5 Å². The van der Waals surface area contributed by atoms with E-state index in [0.717, 1.165) is 19.4 Å². The van der Waals surface area contributed by atoms with Crippen LogP contribution in [0, 0.1) is 10.1 Å². The number of nitrogens with one attached hydrogen (secondary N) is 1. The van der Waals surface area contributed by atoms with Gasteiger partial charge in [-0.15, -0.1) is 0 Å². The maximum absolute atomic E-state index is 12.5. The Morgan fingerprint density at radius 2 is 1.93 bits per heavy atom. The number of nitrogens with zero attached hydrogens (tertiary/aromatic N) is 2. The van der Waals surface area contributed by atoms with Crippen LogP contribution in [0.3, 0.4) is 0 Å². The van der Waals surface area contributed by atoms with Gasteiger partial charge in [0.1, 0.15) is 5.75 Å². The van der Waals surface area contributed by atoms with Crippen molar-refractivity contribution in [1.82, 2.24) is 4.90 Å². The van der Waals surface area contributed by atoms with Crippen LogP contribution in [0.5, 0.6) is 5.75 Å². The zero-order chi connectivity index (χ0) is 21.7. The zero-order valence-corrected chi connectivity index (χ0v) is 17.8. The maximum Gasteiger partial charge on any atom is 0.271 e. The Labute approximate surface area is 177 Å². The fourth-order valence-corrected chi connectivity index (χ4v) is 3.44. The molecule has 0 spiro atoms. The summed E-state index contributed by atoms with van der Waals surface area (Å²) in [5.41, 5.74) is 2.79. The molecular formula is C23H29N3O4. The summed E-state index contributed by atoms with van der Waals surface area (Å²) in [7, 11) is 1.47. The summed E-state index contributed by atoms with van der Waals surface area (Å²) >= 11 is 0. The number of nitro benzene ring substituents is 1. The van der Waals surface area contributed by atoms with Crippen molar-refractivity contribution >= 4 is 17.3 Å². The molecule has 1 aliphatic rings. The van der Waals surface area contributed by atoms with Gasteiger partial charge >= 0.3 is 0 Å². The van der Waals surface area contributed by atoms with Crippen LogP contribution >= 0.6 is 0 Å². The minimum atomic E-state index is -0.492. The van der Waals surface area contributed by atoms with Gasteiger partial charge in [-0.25, -0.2) is 0 Å². The van der Waals surface area contributed by atoms with Gasteiger partial charge in [0.25, 0.3) is 5.69 Å². The summed E-state index contributed by atoms with van der Waals surface area (Å²) in [6.45, 7) is 5.82. The first-order chi connectivity index (χ1) is 14.4. The number of hydrogen-bond donors (Lipinski definition) is 1. The van der Waals surface area contributed by atoms with Crippen molar-refractivity contribution < 1.29 is 14.5 Å². The van der Waals surface area contributed by atoms with E-state index < -0.39 is 4.92 Å². The van der Waals surface area contributed by atoms with Gasteiger partial charge in [0.2, 0.25) is 5.91 Å². The number of ether oxygens (including phenoxy) is 1. The molecule has 7 nitrogen and oxygen atoms in total. The Morgan fingerprint density at radius 1 is 1.23 bits per heavy atom. The number of rotatable bonds is 10. The summed E-state index contributed by atoms with van der Waals surface area (Å²) in [4.78, 5) is 25.4. The van der Waals surface area contributed by atoms with Crippen LogP contribution < -0.4 is 10.1 Å². The van der Waals surface area contributed by atoms with E-state index in [1.807, 2.05) is 0 Å². The Kier molecular flexibility index (Phi) is 7.05. The average molecular weight is 412 g/mol. The van der Waals surface area contributed by atoms with E-state index in [0.29, 0.717) is 36.4 Å². The molecule has 3 rings (SSSR count). The highest BCUT2D eigenvalue weighted by Gasteiger charge is 2.29. The first-order valence-electron chi connectivity index (χ1n) is 10.3. The first kappa shape index (κ1) is 21.8. The summed E-state index contributed by atoms with van der Waals surface area (Å²) in [5, 5.41) is 13.8. The standard InChI is InChI=1S/C23H29N3O4/c1-16(2)18-6-4-17(5-7-18)15-25(19-8-9-19)13-12-23(27)24-21-14-20(26(28)29)10-11-22(21)30-3/h4-7,10-11,14,16,19H,8-9,12-13,15H2,1-3H3,(H,24,27). The molecule has 0 saturated heterocycles. The summed E-state index contributed by atoms with van der Waals surface area (Å²) < 4.78 is 5.21. The largest absolute Gasteiger partial charge is 0.495 e. The second kappa shape index (κ2) is 9.71. The third kappa shape index (κ3) is 5.79. The molecule has 1 amide bonds. The summed E-state index contributed by atoms with van der Waals surface area (Å²) in [5.74, 6) is 0.723. The van der Waals surface area contributed by atoms with Crippen LogP contribution in [-0.4, -0.2) is 35.4 Å². The highest BCUT2D eigenvalue weighted by Crippen LogP contribution is 2.30. The number of anilines is 1. The van der Waals surface area contributed by atoms with Crippen molar-refractivity contribution in [3.8, 4) is 5.75 Å². The molecule has 1 fully saturated rings. The fourth-order valence-electron chi connectivity index (χ4n) is 3.44. The predicted molar refractivity (Wildman–Crippen MR) is 117 cm³/mol. The topological polar surface area (TPSA) is 84.7 Å². The van der Waals surface area contributed by atoms with Crippen molar-refractivity contribution in [1.29, 1.82) is 0 Å². The number of amides is 1. The van der Waals surface area contributed by atoms with Crippen molar-refractivity contribution in [2.75, 3.05) is 19.0 Å². The third-order valence-corrected chi connectivity index (χ3v) is 5.39. The van der Waals surface area contributed by atoms with E-state index in [1.165, 1.54) is 36.4 Å². The van der Waals surface area contributed by atoms with E-state index in [4.69, 9.17) is 4.74 Å². The maximum atomic E-state index is 12.5. The van der Waals surface area contributed by atoms with Crippen molar-refractivity contribution in [3.05, 3.63) is 63.7 Å². The minimum absolute atomic E-state index is 0.0875. The molecule has 1 aliphatic carbocycles. The Morgan fingerprint density at radius 3 is 2.50 bits per heavy atom. The molecule has 1 saturated carbocycles. The Hall–Kier alpha value is -2.93. The minimum Gasteiger partial charge on any atom is -0.495 e. The van der Waals surface area contributed by atoms with Gasteiger partial charge in [0.15, 0.2) is 0 Å². The van der Waals surface area contributed by atoms with Crippen LogP contribution in [0.2, 0.25) is 0 Å². The molecule has 2 aromatic carbocycles. The lowest BCUT2D eigenvalue weighted by Gasteiger charge is -2.22. The second-order valence-corrected chi connectivity index (χ2v) is 8.04. The first-order valence-corrected chi connectivity index (χ1v) is 10.3. The highest BCUT2D eigenvalue weighted by atomic mass is 16.6. The molecule has 30 heavy (non-hydrogen) atoms. The monoisotopic (exact) mass is 411 g/mol. The van der Waals surface area contributed by atoms with Gasteiger partial charge < -0.3 is 10.1 Å². The average Bonchev–Trinajstić information content (AvgIpc) is 3.56. The zero-order valence-electron chi connectivity index (χ0n) is 17.8. The van der Waals surface area contributed by atoms with Gasteiger partial charge in [-0.3, -0.25) is 19.8 Å². The molecule has 0 bridgehead atoms. The van der Waals surface area contributed by atoms with Crippen molar-refractivity contribution in [2.24, 2.45) is 0 Å². The van der Waals surface area contributed by atoms with E-state index in [1.54, 1.807) is 0 Å². The molecule has 0 radical (unpaired) electrons. The van der Waals surface area contributed by atoms with Gasteiger partial charge in [-0.05, 0) is 36.0 Å². The van der Waals surface area contributed by atoms with Gasteiger partial charge in [0, 0.05) is 37.7 Å². The van der Waals surface area contributed by atoms with Crippen LogP contribution in [0.4, 0.5) is 11.4 Å². The van der Waals surface area contributed by atoms with Crippen LogP contribution in [0.25, 0.3) is 0 Å². The number of hydrogen-bond acceptors (Lipinski definition) is 5. The molecule has 1 N–H and O–H groups in total. The lowest BCUT2D eigenvalue weighted by atomic mass is 10.0. The number of benzene rings is 2. The van der Waals surface area contributed by atoms with E-state index in [-0.39, 0.29) is 11.6 Å². The predicted octanol–water partition coefficient (Wildman–Crippen LogP) is 4.72. The molecule has 0 aliphatic heterocycles. The number of non-ortho nitro benzene ring substituents is 1. The van der Waals surface area contributed by atoms with E-state index in [9.17, 15) is 14.9 Å².